The van der Waals surface area contributed by atoms with Crippen LogP contribution in [0, 0.1) is 0 Å². The molecule has 0 spiro atoms. The summed E-state index contributed by atoms with van der Waals surface area (Å²) < 4.78 is 0. The monoisotopic (exact) mass is 276 g/mol. The number of anilines is 2. The van der Waals surface area contributed by atoms with Crippen LogP contribution in [0.2, 0.25) is 0 Å². The van der Waals surface area contributed by atoms with E-state index in [0.29, 0.717) is 13.0 Å². The molecule has 2 atom stereocenters. The number of hydrogen-bond acceptors (Lipinski definition) is 5. The van der Waals surface area contributed by atoms with Crippen LogP contribution >= 0.6 is 0 Å². The lowest BCUT2D eigenvalue weighted by atomic mass is 10.2. The number of aliphatic hydroxyl groups excluding tert-OH is 1. The predicted octanol–water partition coefficient (Wildman–Crippen LogP) is 0.343. The molecule has 0 aromatic carbocycles. The fraction of sp³-hybridized carbons (Fsp3) is 0.571. The fourth-order valence-corrected chi connectivity index (χ4v) is 2.81. The van der Waals surface area contributed by atoms with Crippen molar-refractivity contribution in [2.45, 2.75) is 31.4 Å². The van der Waals surface area contributed by atoms with Gasteiger partial charge >= 0.3 is 0 Å². The van der Waals surface area contributed by atoms with Crippen molar-refractivity contribution in [1.29, 1.82) is 0 Å². The van der Waals surface area contributed by atoms with Gasteiger partial charge in [0, 0.05) is 25.8 Å². The summed E-state index contributed by atoms with van der Waals surface area (Å²) in [5.41, 5.74) is 0.752. The Morgan fingerprint density at radius 2 is 2.25 bits per heavy atom. The van der Waals surface area contributed by atoms with E-state index < -0.39 is 6.10 Å². The van der Waals surface area contributed by atoms with Gasteiger partial charge in [0.25, 0.3) is 0 Å². The van der Waals surface area contributed by atoms with Gasteiger partial charge in [-0.15, -0.1) is 0 Å². The van der Waals surface area contributed by atoms with Crippen molar-refractivity contribution in [2.24, 2.45) is 0 Å². The maximum Gasteiger partial charge on any atom is 0.241 e. The number of pyridine rings is 1. The Morgan fingerprint density at radius 1 is 1.45 bits per heavy atom. The Labute approximate surface area is 118 Å². The molecule has 0 radical (unpaired) electrons. The molecule has 1 amide bonds. The Bertz CT molecular complexity index is 488. The van der Waals surface area contributed by atoms with Gasteiger partial charge in [0.05, 0.1) is 17.8 Å². The zero-order chi connectivity index (χ0) is 13.9. The molecule has 2 unspecified atom stereocenters. The molecule has 2 saturated heterocycles. The van der Waals surface area contributed by atoms with Crippen LogP contribution in [0.3, 0.4) is 0 Å². The minimum absolute atomic E-state index is 0.102. The van der Waals surface area contributed by atoms with Crippen LogP contribution in [0.1, 0.15) is 19.3 Å². The lowest BCUT2D eigenvalue weighted by molar-refractivity contribution is -0.117. The molecule has 0 bridgehead atoms. The molecular formula is C14H20N4O2. The van der Waals surface area contributed by atoms with Gasteiger partial charge < -0.3 is 20.6 Å². The zero-order valence-corrected chi connectivity index (χ0v) is 11.4. The summed E-state index contributed by atoms with van der Waals surface area (Å²) in [5, 5.41) is 15.4. The van der Waals surface area contributed by atoms with Crippen molar-refractivity contribution >= 4 is 17.4 Å². The first-order chi connectivity index (χ1) is 9.74. The number of nitrogens with zero attached hydrogens (tertiary/aromatic N) is 2. The molecular weight excluding hydrogens is 256 g/mol. The van der Waals surface area contributed by atoms with Crippen molar-refractivity contribution in [3.05, 3.63) is 18.3 Å². The summed E-state index contributed by atoms with van der Waals surface area (Å²) in [7, 11) is 0. The number of aromatic nitrogens is 1. The molecule has 6 heteroatoms. The number of aliphatic hydroxyl groups is 1. The number of β-amino-alcohol motifs (C(OH)–C–C–N with tert-alkyl or cyclic N) is 1. The van der Waals surface area contributed by atoms with Crippen LogP contribution in [-0.2, 0) is 4.79 Å². The van der Waals surface area contributed by atoms with E-state index in [9.17, 15) is 9.90 Å². The number of hydrogen-bond donors (Lipinski definition) is 3. The van der Waals surface area contributed by atoms with Crippen LogP contribution < -0.4 is 15.5 Å². The SMILES string of the molecule is O=C(Nc1cccnc1N1CCCC1)C1CC(O)CN1. The van der Waals surface area contributed by atoms with E-state index in [4.69, 9.17) is 0 Å². The number of carbonyl (C=O) groups excluding carboxylic acids is 1. The highest BCUT2D eigenvalue weighted by Gasteiger charge is 2.29. The van der Waals surface area contributed by atoms with Gasteiger partial charge in [-0.2, -0.15) is 0 Å². The molecule has 1 aromatic heterocycles. The number of carbonyl (C=O) groups is 1. The highest BCUT2D eigenvalue weighted by Crippen LogP contribution is 2.26. The summed E-state index contributed by atoms with van der Waals surface area (Å²) >= 11 is 0. The summed E-state index contributed by atoms with van der Waals surface area (Å²) in [6.45, 7) is 2.45. The lowest BCUT2D eigenvalue weighted by Gasteiger charge is -2.20. The Balaban J connectivity index is 1.72. The summed E-state index contributed by atoms with van der Waals surface area (Å²) in [5.74, 6) is 0.742. The highest BCUT2D eigenvalue weighted by atomic mass is 16.3. The average Bonchev–Trinajstić information content (AvgIpc) is 3.10. The molecule has 0 saturated carbocycles. The first-order valence-electron chi connectivity index (χ1n) is 7.16. The van der Waals surface area contributed by atoms with E-state index in [0.717, 1.165) is 24.6 Å². The van der Waals surface area contributed by atoms with Crippen molar-refractivity contribution < 1.29 is 9.90 Å². The van der Waals surface area contributed by atoms with Gasteiger partial charge in [-0.25, -0.2) is 4.98 Å². The van der Waals surface area contributed by atoms with Crippen LogP contribution in [0.4, 0.5) is 11.5 Å². The van der Waals surface area contributed by atoms with E-state index in [2.05, 4.69) is 20.5 Å². The molecule has 3 rings (SSSR count). The second-order valence-corrected chi connectivity index (χ2v) is 5.41. The van der Waals surface area contributed by atoms with E-state index in [1.807, 2.05) is 12.1 Å². The maximum atomic E-state index is 12.2. The van der Waals surface area contributed by atoms with Gasteiger partial charge in [0.1, 0.15) is 0 Å². The van der Waals surface area contributed by atoms with E-state index in [1.165, 1.54) is 12.8 Å². The normalized spacial score (nSPS) is 25.9. The topological polar surface area (TPSA) is 77.5 Å². The number of nitrogens with one attached hydrogen (secondary N) is 2. The largest absolute Gasteiger partial charge is 0.392 e. The highest BCUT2D eigenvalue weighted by molar-refractivity contribution is 5.97. The van der Waals surface area contributed by atoms with Crippen LogP contribution in [-0.4, -0.2) is 47.8 Å². The third-order valence-electron chi connectivity index (χ3n) is 3.87. The summed E-state index contributed by atoms with van der Waals surface area (Å²) in [4.78, 5) is 18.8. The van der Waals surface area contributed by atoms with Gasteiger partial charge in [0.15, 0.2) is 5.82 Å². The van der Waals surface area contributed by atoms with Crippen LogP contribution in [0.25, 0.3) is 0 Å². The minimum atomic E-state index is -0.433. The third kappa shape index (κ3) is 2.76. The zero-order valence-electron chi connectivity index (χ0n) is 11.4. The van der Waals surface area contributed by atoms with E-state index in [1.54, 1.807) is 6.20 Å². The molecule has 1 aromatic rings. The molecule has 2 aliphatic heterocycles. The molecule has 3 N–H and O–H groups in total. The summed E-state index contributed by atoms with van der Waals surface area (Å²) in [6.07, 6.45) is 4.12. The van der Waals surface area contributed by atoms with Gasteiger partial charge in [-0.1, -0.05) is 0 Å². The smallest absolute Gasteiger partial charge is 0.241 e. The van der Waals surface area contributed by atoms with E-state index in [-0.39, 0.29) is 11.9 Å². The van der Waals surface area contributed by atoms with Gasteiger partial charge in [-0.3, -0.25) is 4.79 Å². The number of amides is 1. The Morgan fingerprint density at radius 3 is 2.95 bits per heavy atom. The maximum absolute atomic E-state index is 12.2. The molecule has 3 heterocycles. The lowest BCUT2D eigenvalue weighted by Crippen LogP contribution is -2.36. The predicted molar refractivity (Wildman–Crippen MR) is 76.7 cm³/mol. The van der Waals surface area contributed by atoms with Crippen molar-refractivity contribution in [1.82, 2.24) is 10.3 Å². The number of rotatable bonds is 3. The second-order valence-electron chi connectivity index (χ2n) is 5.41. The van der Waals surface area contributed by atoms with Gasteiger partial charge in [0.2, 0.25) is 5.91 Å². The molecule has 0 aliphatic carbocycles. The molecule has 20 heavy (non-hydrogen) atoms. The minimum Gasteiger partial charge on any atom is -0.392 e. The second kappa shape index (κ2) is 5.76. The van der Waals surface area contributed by atoms with Crippen molar-refractivity contribution in [2.75, 3.05) is 29.9 Å². The Kier molecular flexibility index (Phi) is 3.84. The first-order valence-corrected chi connectivity index (χ1v) is 7.16. The van der Waals surface area contributed by atoms with Crippen molar-refractivity contribution in [3.8, 4) is 0 Å². The summed E-state index contributed by atoms with van der Waals surface area (Å²) in [6, 6.07) is 3.38. The van der Waals surface area contributed by atoms with Gasteiger partial charge in [-0.05, 0) is 31.4 Å². The fourth-order valence-electron chi connectivity index (χ4n) is 2.81. The first kappa shape index (κ1) is 13.3. The van der Waals surface area contributed by atoms with Crippen molar-refractivity contribution in [3.63, 3.8) is 0 Å². The quantitative estimate of drug-likeness (QED) is 0.742. The molecule has 108 valence electrons. The standard InChI is InChI=1S/C14H20N4O2/c19-10-8-12(16-9-10)14(20)17-11-4-3-5-15-13(11)18-6-1-2-7-18/h3-5,10,12,16,19H,1-2,6-9H2,(H,17,20). The molecule has 6 nitrogen and oxygen atoms in total. The van der Waals surface area contributed by atoms with Crippen LogP contribution in [0.5, 0.6) is 0 Å². The third-order valence-corrected chi connectivity index (χ3v) is 3.87. The Hall–Kier alpha value is -1.66. The van der Waals surface area contributed by atoms with E-state index >= 15 is 0 Å². The molecule has 2 fully saturated rings. The molecule has 2 aliphatic rings. The average molecular weight is 276 g/mol. The van der Waals surface area contributed by atoms with Crippen LogP contribution in [0.15, 0.2) is 18.3 Å².